The highest BCUT2D eigenvalue weighted by Crippen LogP contribution is 2.33. The molecule has 0 saturated heterocycles. The highest BCUT2D eigenvalue weighted by atomic mass is 16.5. The van der Waals surface area contributed by atoms with Crippen LogP contribution in [0.3, 0.4) is 0 Å². The number of aliphatic hydroxyl groups is 1. The molecule has 0 bridgehead atoms. The average Bonchev–Trinajstić information content (AvgIpc) is 2.29. The lowest BCUT2D eigenvalue weighted by Crippen LogP contribution is -2.19. The Bertz CT molecular complexity index is 481. The summed E-state index contributed by atoms with van der Waals surface area (Å²) < 4.78 is 10.0. The molecule has 5 nitrogen and oxygen atoms in total. The Morgan fingerprint density at radius 3 is 3.06 bits per heavy atom. The predicted molar refractivity (Wildman–Crippen MR) is 59.3 cm³/mol. The number of nitrogens with zero attached hydrogens (tertiary/aromatic N) is 1. The van der Waals surface area contributed by atoms with Gasteiger partial charge in [0.2, 0.25) is 5.88 Å². The van der Waals surface area contributed by atoms with Crippen molar-refractivity contribution in [2.45, 2.75) is 20.0 Å². The van der Waals surface area contributed by atoms with Gasteiger partial charge < -0.3 is 14.6 Å². The van der Waals surface area contributed by atoms with Gasteiger partial charge in [-0.05, 0) is 26.0 Å². The zero-order valence-electron chi connectivity index (χ0n) is 9.64. The number of aliphatic hydroxyl groups excluding tert-OH is 1. The van der Waals surface area contributed by atoms with Gasteiger partial charge in [-0.1, -0.05) is 0 Å². The second-order valence-electron chi connectivity index (χ2n) is 3.66. The minimum Gasteiger partial charge on any atom is -0.462 e. The fraction of sp³-hybridized carbons (Fsp3) is 0.333. The van der Waals surface area contributed by atoms with E-state index in [4.69, 9.17) is 9.47 Å². The van der Waals surface area contributed by atoms with E-state index in [1.165, 1.54) is 6.26 Å². The number of fused-ring (bicyclic) bond motifs is 1. The van der Waals surface area contributed by atoms with Crippen LogP contribution >= 0.6 is 0 Å². The van der Waals surface area contributed by atoms with Crippen LogP contribution in [0.4, 0.5) is 0 Å². The van der Waals surface area contributed by atoms with E-state index in [1.807, 2.05) is 6.92 Å². The van der Waals surface area contributed by atoms with Crippen molar-refractivity contribution in [3.8, 4) is 5.88 Å². The van der Waals surface area contributed by atoms with Crippen molar-refractivity contribution in [2.75, 3.05) is 6.61 Å². The lowest BCUT2D eigenvalue weighted by Gasteiger charge is -2.20. The maximum Gasteiger partial charge on any atom is 0.340 e. The van der Waals surface area contributed by atoms with Gasteiger partial charge in [-0.3, -0.25) is 0 Å². The van der Waals surface area contributed by atoms with Gasteiger partial charge in [0, 0.05) is 11.3 Å². The van der Waals surface area contributed by atoms with E-state index >= 15 is 0 Å². The molecule has 0 fully saturated rings. The van der Waals surface area contributed by atoms with Crippen LogP contribution < -0.4 is 4.74 Å². The number of hydrogen-bond acceptors (Lipinski definition) is 5. The number of carbonyl (C=O) groups excluding carboxylic acids is 1. The molecule has 2 rings (SSSR count). The number of aryl methyl sites for hydroxylation is 1. The number of carbonyl (C=O) groups is 1. The molecule has 0 aromatic carbocycles. The molecule has 0 saturated carbocycles. The first kappa shape index (κ1) is 11.6. The third kappa shape index (κ3) is 2.14. The van der Waals surface area contributed by atoms with Crippen LogP contribution in [0, 0.1) is 6.92 Å². The summed E-state index contributed by atoms with van der Waals surface area (Å²) in [7, 11) is 0. The second-order valence-corrected chi connectivity index (χ2v) is 3.66. The minimum atomic E-state index is -1.05. The molecule has 90 valence electrons. The summed E-state index contributed by atoms with van der Waals surface area (Å²) >= 11 is 0. The normalized spacial score (nSPS) is 17.8. The van der Waals surface area contributed by atoms with Crippen LogP contribution in [0.2, 0.25) is 0 Å². The van der Waals surface area contributed by atoms with Crippen molar-refractivity contribution in [3.05, 3.63) is 35.2 Å². The highest BCUT2D eigenvalue weighted by Gasteiger charge is 2.29. The topological polar surface area (TPSA) is 68.7 Å². The van der Waals surface area contributed by atoms with Crippen molar-refractivity contribution in [3.63, 3.8) is 0 Å². The first-order valence-corrected chi connectivity index (χ1v) is 5.33. The highest BCUT2D eigenvalue weighted by molar-refractivity contribution is 5.90. The van der Waals surface area contributed by atoms with E-state index in [9.17, 15) is 9.90 Å². The van der Waals surface area contributed by atoms with Crippen LogP contribution in [-0.4, -0.2) is 22.7 Å². The SMILES string of the molecule is CCOC(=O)C1=COc2nc(C)ccc2C1O. The molecule has 1 unspecified atom stereocenters. The molecular weight excluding hydrogens is 222 g/mol. The molecule has 0 radical (unpaired) electrons. The van der Waals surface area contributed by atoms with Crippen LogP contribution in [0.5, 0.6) is 5.88 Å². The Kier molecular flexibility index (Phi) is 3.10. The van der Waals surface area contributed by atoms with Gasteiger partial charge >= 0.3 is 5.97 Å². The number of rotatable bonds is 2. The van der Waals surface area contributed by atoms with Gasteiger partial charge in [-0.15, -0.1) is 0 Å². The zero-order valence-corrected chi connectivity index (χ0v) is 9.64. The maximum absolute atomic E-state index is 11.5. The van der Waals surface area contributed by atoms with E-state index < -0.39 is 12.1 Å². The number of aromatic nitrogens is 1. The van der Waals surface area contributed by atoms with Crippen LogP contribution in [0.1, 0.15) is 24.3 Å². The summed E-state index contributed by atoms with van der Waals surface area (Å²) in [4.78, 5) is 15.7. The molecule has 17 heavy (non-hydrogen) atoms. The van der Waals surface area contributed by atoms with Crippen molar-refractivity contribution < 1.29 is 19.4 Å². The summed E-state index contributed by atoms with van der Waals surface area (Å²) in [6, 6.07) is 3.44. The molecule has 1 aromatic heterocycles. The predicted octanol–water partition coefficient (Wildman–Crippen LogP) is 1.26. The first-order chi connectivity index (χ1) is 8.13. The maximum atomic E-state index is 11.5. The van der Waals surface area contributed by atoms with E-state index in [0.717, 1.165) is 5.69 Å². The van der Waals surface area contributed by atoms with Crippen LogP contribution in [-0.2, 0) is 9.53 Å². The Morgan fingerprint density at radius 1 is 1.59 bits per heavy atom. The summed E-state index contributed by atoms with van der Waals surface area (Å²) in [6.07, 6.45) is 0.142. The zero-order chi connectivity index (χ0) is 12.4. The molecule has 2 heterocycles. The molecule has 1 N–H and O–H groups in total. The fourth-order valence-electron chi connectivity index (χ4n) is 1.57. The summed E-state index contributed by atoms with van der Waals surface area (Å²) in [5.74, 6) is -0.253. The number of ether oxygens (including phenoxy) is 2. The van der Waals surface area contributed by atoms with Gasteiger partial charge in [0.1, 0.15) is 17.9 Å². The fourth-order valence-corrected chi connectivity index (χ4v) is 1.57. The van der Waals surface area contributed by atoms with Crippen molar-refractivity contribution >= 4 is 5.97 Å². The molecule has 0 spiro atoms. The molecule has 1 aromatic rings. The largest absolute Gasteiger partial charge is 0.462 e. The standard InChI is InChI=1S/C12H13NO4/c1-3-16-12(15)9-6-17-11-8(10(9)14)5-4-7(2)13-11/h4-6,10,14H,3H2,1-2H3. The molecule has 5 heteroatoms. The van der Waals surface area contributed by atoms with Crippen LogP contribution in [0.15, 0.2) is 24.0 Å². The van der Waals surface area contributed by atoms with E-state index in [0.29, 0.717) is 11.4 Å². The van der Waals surface area contributed by atoms with Gasteiger partial charge in [-0.25, -0.2) is 9.78 Å². The van der Waals surface area contributed by atoms with Gasteiger partial charge in [-0.2, -0.15) is 0 Å². The first-order valence-electron chi connectivity index (χ1n) is 5.33. The molecular formula is C12H13NO4. The Morgan fingerprint density at radius 2 is 2.35 bits per heavy atom. The Hall–Kier alpha value is -1.88. The number of esters is 1. The van der Waals surface area contributed by atoms with Crippen LogP contribution in [0.25, 0.3) is 0 Å². The smallest absolute Gasteiger partial charge is 0.340 e. The monoisotopic (exact) mass is 235 g/mol. The summed E-state index contributed by atoms with van der Waals surface area (Å²) in [5, 5.41) is 10.0. The summed E-state index contributed by atoms with van der Waals surface area (Å²) in [5.41, 5.74) is 1.34. The second kappa shape index (κ2) is 4.55. The lowest BCUT2D eigenvalue weighted by molar-refractivity contribution is -0.140. The molecule has 1 aliphatic rings. The third-order valence-electron chi connectivity index (χ3n) is 2.43. The Balaban J connectivity index is 2.30. The number of pyridine rings is 1. The lowest BCUT2D eigenvalue weighted by atomic mass is 10.0. The van der Waals surface area contributed by atoms with Crippen molar-refractivity contribution in [1.29, 1.82) is 0 Å². The van der Waals surface area contributed by atoms with E-state index in [-0.39, 0.29) is 12.2 Å². The molecule has 1 aliphatic heterocycles. The average molecular weight is 235 g/mol. The molecule has 0 amide bonds. The van der Waals surface area contributed by atoms with Gasteiger partial charge in [0.25, 0.3) is 0 Å². The van der Waals surface area contributed by atoms with E-state index in [2.05, 4.69) is 4.98 Å². The van der Waals surface area contributed by atoms with E-state index in [1.54, 1.807) is 19.1 Å². The van der Waals surface area contributed by atoms with Gasteiger partial charge in [0.05, 0.1) is 6.61 Å². The third-order valence-corrected chi connectivity index (χ3v) is 2.43. The van der Waals surface area contributed by atoms with Crippen molar-refractivity contribution in [1.82, 2.24) is 4.98 Å². The Labute approximate surface area is 98.7 Å². The van der Waals surface area contributed by atoms with Crippen molar-refractivity contribution in [2.24, 2.45) is 0 Å². The molecule has 1 atom stereocenters. The summed E-state index contributed by atoms with van der Waals surface area (Å²) in [6.45, 7) is 3.77. The van der Waals surface area contributed by atoms with Gasteiger partial charge in [0.15, 0.2) is 0 Å². The quantitative estimate of drug-likeness (QED) is 0.781. The number of hydrogen-bond donors (Lipinski definition) is 1. The molecule has 0 aliphatic carbocycles. The minimum absolute atomic E-state index is 0.0880.